The van der Waals surface area contributed by atoms with Gasteiger partial charge in [0.15, 0.2) is 0 Å². The van der Waals surface area contributed by atoms with Gasteiger partial charge in [-0.1, -0.05) is 13.3 Å². The topological polar surface area (TPSA) is 70.7 Å². The SMILES string of the molecule is CCC1CCc2c(sc(NC(=O)Cn3ccnc3C)c2C#N)C1. The van der Waals surface area contributed by atoms with Crippen LogP contribution in [0.3, 0.4) is 0 Å². The molecule has 0 saturated heterocycles. The molecular weight excluding hydrogens is 308 g/mol. The zero-order valence-electron chi connectivity index (χ0n) is 13.4. The van der Waals surface area contributed by atoms with Gasteiger partial charge in [0.1, 0.15) is 23.4 Å². The minimum Gasteiger partial charge on any atom is -0.326 e. The van der Waals surface area contributed by atoms with Crippen molar-refractivity contribution in [2.45, 2.75) is 46.1 Å². The molecule has 2 heterocycles. The number of thiophene rings is 1. The summed E-state index contributed by atoms with van der Waals surface area (Å²) in [5.74, 6) is 1.38. The van der Waals surface area contributed by atoms with Crippen LogP contribution in [0, 0.1) is 24.2 Å². The standard InChI is InChI=1S/C17H20N4OS/c1-3-12-4-5-13-14(9-18)17(23-15(13)8-12)20-16(22)10-21-7-6-19-11(21)2/h6-7,12H,3-5,8,10H2,1-2H3,(H,20,22). The number of rotatable bonds is 4. The second-order valence-corrected chi connectivity index (χ2v) is 7.09. The number of carbonyl (C=O) groups is 1. The van der Waals surface area contributed by atoms with Crippen molar-refractivity contribution < 1.29 is 4.79 Å². The summed E-state index contributed by atoms with van der Waals surface area (Å²) < 4.78 is 1.79. The highest BCUT2D eigenvalue weighted by Gasteiger charge is 2.25. The zero-order chi connectivity index (χ0) is 16.4. The predicted octanol–water partition coefficient (Wildman–Crippen LogP) is 3.28. The first-order chi connectivity index (χ1) is 11.1. The normalized spacial score (nSPS) is 16.7. The van der Waals surface area contributed by atoms with Gasteiger partial charge < -0.3 is 9.88 Å². The number of amides is 1. The Bertz CT molecular complexity index is 768. The van der Waals surface area contributed by atoms with Gasteiger partial charge in [-0.2, -0.15) is 5.26 Å². The average Bonchev–Trinajstić information content (AvgIpc) is 3.09. The van der Waals surface area contributed by atoms with Crippen molar-refractivity contribution in [3.05, 3.63) is 34.2 Å². The van der Waals surface area contributed by atoms with Crippen LogP contribution in [0.2, 0.25) is 0 Å². The minimum atomic E-state index is -0.117. The molecule has 0 fully saturated rings. The van der Waals surface area contributed by atoms with Crippen LogP contribution < -0.4 is 5.32 Å². The highest BCUT2D eigenvalue weighted by atomic mass is 32.1. The van der Waals surface area contributed by atoms with Crippen molar-refractivity contribution in [3.8, 4) is 6.07 Å². The first-order valence-corrected chi connectivity index (χ1v) is 8.76. The fourth-order valence-corrected chi connectivity index (χ4v) is 4.43. The first kappa shape index (κ1) is 15.8. The van der Waals surface area contributed by atoms with Gasteiger partial charge in [-0.25, -0.2) is 4.98 Å². The number of fused-ring (bicyclic) bond motifs is 1. The van der Waals surface area contributed by atoms with Gasteiger partial charge in [0, 0.05) is 17.3 Å². The van der Waals surface area contributed by atoms with Crippen LogP contribution in [-0.4, -0.2) is 15.5 Å². The number of nitrogens with one attached hydrogen (secondary N) is 1. The minimum absolute atomic E-state index is 0.117. The van der Waals surface area contributed by atoms with Crippen LogP contribution >= 0.6 is 11.3 Å². The Morgan fingerprint density at radius 3 is 3.09 bits per heavy atom. The number of aryl methyl sites for hydroxylation is 1. The number of hydrogen-bond donors (Lipinski definition) is 1. The largest absolute Gasteiger partial charge is 0.326 e. The summed E-state index contributed by atoms with van der Waals surface area (Å²) >= 11 is 1.57. The molecule has 6 heteroatoms. The summed E-state index contributed by atoms with van der Waals surface area (Å²) in [6, 6.07) is 2.29. The maximum absolute atomic E-state index is 12.3. The van der Waals surface area contributed by atoms with Crippen molar-refractivity contribution in [2.75, 3.05) is 5.32 Å². The Morgan fingerprint density at radius 1 is 1.61 bits per heavy atom. The van der Waals surface area contributed by atoms with Gasteiger partial charge in [0.2, 0.25) is 5.91 Å². The summed E-state index contributed by atoms with van der Waals surface area (Å²) in [6.07, 6.45) is 7.74. The Kier molecular flexibility index (Phi) is 4.49. The molecule has 2 aromatic rings. The zero-order valence-corrected chi connectivity index (χ0v) is 14.2. The lowest BCUT2D eigenvalue weighted by Gasteiger charge is -2.20. The molecule has 0 radical (unpaired) electrons. The Labute approximate surface area is 140 Å². The molecule has 1 aliphatic carbocycles. The molecule has 0 bridgehead atoms. The molecule has 23 heavy (non-hydrogen) atoms. The van der Waals surface area contributed by atoms with E-state index in [0.717, 1.165) is 30.7 Å². The third-order valence-electron chi connectivity index (χ3n) is 4.55. The van der Waals surface area contributed by atoms with Crippen LogP contribution in [0.25, 0.3) is 0 Å². The Morgan fingerprint density at radius 2 is 2.43 bits per heavy atom. The number of carbonyl (C=O) groups excluding carboxylic acids is 1. The number of nitrogens with zero attached hydrogens (tertiary/aromatic N) is 3. The maximum Gasteiger partial charge on any atom is 0.244 e. The highest BCUT2D eigenvalue weighted by molar-refractivity contribution is 7.16. The van der Waals surface area contributed by atoms with Gasteiger partial charge in [-0.3, -0.25) is 4.79 Å². The van der Waals surface area contributed by atoms with E-state index in [-0.39, 0.29) is 12.5 Å². The highest BCUT2D eigenvalue weighted by Crippen LogP contribution is 2.39. The maximum atomic E-state index is 12.3. The number of anilines is 1. The lowest BCUT2D eigenvalue weighted by Crippen LogP contribution is -2.19. The van der Waals surface area contributed by atoms with E-state index in [0.29, 0.717) is 16.5 Å². The quantitative estimate of drug-likeness (QED) is 0.936. The second-order valence-electron chi connectivity index (χ2n) is 5.99. The second kappa shape index (κ2) is 6.55. The Balaban J connectivity index is 1.78. The van der Waals surface area contributed by atoms with E-state index in [2.05, 4.69) is 23.3 Å². The van der Waals surface area contributed by atoms with E-state index in [4.69, 9.17) is 0 Å². The van der Waals surface area contributed by atoms with E-state index in [1.165, 1.54) is 11.3 Å². The average molecular weight is 328 g/mol. The van der Waals surface area contributed by atoms with Gasteiger partial charge in [0.05, 0.1) is 5.56 Å². The van der Waals surface area contributed by atoms with E-state index in [1.807, 2.05) is 6.92 Å². The number of imidazole rings is 1. The van der Waals surface area contributed by atoms with Crippen LogP contribution in [0.15, 0.2) is 12.4 Å². The number of aromatic nitrogens is 2. The molecule has 1 atom stereocenters. The molecule has 0 aliphatic heterocycles. The molecule has 1 unspecified atom stereocenters. The first-order valence-electron chi connectivity index (χ1n) is 7.94. The molecule has 1 aliphatic rings. The van der Waals surface area contributed by atoms with Crippen molar-refractivity contribution in [1.29, 1.82) is 5.26 Å². The third-order valence-corrected chi connectivity index (χ3v) is 5.72. The summed E-state index contributed by atoms with van der Waals surface area (Å²) in [5, 5.41) is 13.1. The monoisotopic (exact) mass is 328 g/mol. The van der Waals surface area contributed by atoms with Crippen LogP contribution in [0.4, 0.5) is 5.00 Å². The molecule has 3 rings (SSSR count). The van der Waals surface area contributed by atoms with Crippen LogP contribution in [0.1, 0.15) is 41.6 Å². The summed E-state index contributed by atoms with van der Waals surface area (Å²) in [7, 11) is 0. The third kappa shape index (κ3) is 3.15. The molecule has 120 valence electrons. The summed E-state index contributed by atoms with van der Waals surface area (Å²) in [6.45, 7) is 4.30. The van der Waals surface area contributed by atoms with Gasteiger partial charge in [0.25, 0.3) is 0 Å². The smallest absolute Gasteiger partial charge is 0.244 e. The molecule has 2 aromatic heterocycles. The lowest BCUT2D eigenvalue weighted by atomic mass is 9.86. The van der Waals surface area contributed by atoms with Crippen LogP contribution in [0.5, 0.6) is 0 Å². The van der Waals surface area contributed by atoms with Crippen molar-refractivity contribution >= 4 is 22.2 Å². The number of nitriles is 1. The van der Waals surface area contributed by atoms with Gasteiger partial charge in [-0.15, -0.1) is 11.3 Å². The summed E-state index contributed by atoms with van der Waals surface area (Å²) in [4.78, 5) is 17.7. The number of hydrogen-bond acceptors (Lipinski definition) is 4. The molecular formula is C17H20N4OS. The molecule has 0 saturated carbocycles. The summed E-state index contributed by atoms with van der Waals surface area (Å²) in [5.41, 5.74) is 1.81. The molecule has 5 nitrogen and oxygen atoms in total. The molecule has 0 aromatic carbocycles. The molecule has 1 amide bonds. The fourth-order valence-electron chi connectivity index (χ4n) is 3.10. The van der Waals surface area contributed by atoms with E-state index in [9.17, 15) is 10.1 Å². The van der Waals surface area contributed by atoms with E-state index >= 15 is 0 Å². The fraction of sp³-hybridized carbons (Fsp3) is 0.471. The van der Waals surface area contributed by atoms with Crippen molar-refractivity contribution in [2.24, 2.45) is 5.92 Å². The molecule has 0 spiro atoms. The van der Waals surface area contributed by atoms with Gasteiger partial charge in [-0.05, 0) is 37.7 Å². The van der Waals surface area contributed by atoms with Crippen molar-refractivity contribution in [3.63, 3.8) is 0 Å². The van der Waals surface area contributed by atoms with E-state index < -0.39 is 0 Å². The van der Waals surface area contributed by atoms with Gasteiger partial charge >= 0.3 is 0 Å². The Hall–Kier alpha value is -2.13. The molecule has 1 N–H and O–H groups in total. The van der Waals surface area contributed by atoms with E-state index in [1.54, 1.807) is 28.3 Å². The predicted molar refractivity (Wildman–Crippen MR) is 90.4 cm³/mol. The van der Waals surface area contributed by atoms with Crippen molar-refractivity contribution in [1.82, 2.24) is 9.55 Å². The lowest BCUT2D eigenvalue weighted by molar-refractivity contribution is -0.116. The van der Waals surface area contributed by atoms with Crippen LogP contribution in [-0.2, 0) is 24.2 Å².